The summed E-state index contributed by atoms with van der Waals surface area (Å²) in [7, 11) is -0.0685. The number of nitrogens with zero attached hydrogens (tertiary/aromatic N) is 2. The molecule has 2 aromatic heterocycles. The first-order chi connectivity index (χ1) is 7.24. The summed E-state index contributed by atoms with van der Waals surface area (Å²) < 4.78 is 5.03. The van der Waals surface area contributed by atoms with Crippen LogP contribution in [0.3, 0.4) is 0 Å². The normalized spacial score (nSPS) is 10.3. The Balaban J connectivity index is 2.77. The van der Waals surface area contributed by atoms with Gasteiger partial charge in [-0.2, -0.15) is 0 Å². The van der Waals surface area contributed by atoms with Crippen molar-refractivity contribution in [2.75, 3.05) is 7.11 Å². The van der Waals surface area contributed by atoms with Crippen molar-refractivity contribution >= 4 is 23.5 Å². The minimum Gasteiger partial charge on any atom is -0.479 e. The largest absolute Gasteiger partial charge is 0.490 e. The maximum Gasteiger partial charge on any atom is 0.490 e. The van der Waals surface area contributed by atoms with Gasteiger partial charge in [0, 0.05) is 23.2 Å². The maximum atomic E-state index is 9.13. The summed E-state index contributed by atoms with van der Waals surface area (Å²) in [6.07, 6.45) is 2.97. The van der Waals surface area contributed by atoms with Crippen LogP contribution >= 0.6 is 0 Å². The molecule has 0 unspecified atom stereocenters. The van der Waals surface area contributed by atoms with Gasteiger partial charge in [-0.3, -0.25) is 4.98 Å². The summed E-state index contributed by atoms with van der Waals surface area (Å²) in [5.41, 5.74) is 0.838. The third kappa shape index (κ3) is 1.64. The van der Waals surface area contributed by atoms with Gasteiger partial charge in [0.05, 0.1) is 7.11 Å². The van der Waals surface area contributed by atoms with Crippen LogP contribution in [-0.2, 0) is 0 Å². The highest BCUT2D eigenvalue weighted by molar-refractivity contribution is 6.61. The second kappa shape index (κ2) is 3.84. The van der Waals surface area contributed by atoms with Crippen molar-refractivity contribution in [3.63, 3.8) is 0 Å². The Morgan fingerprint density at radius 2 is 2.13 bits per heavy atom. The average Bonchev–Trinajstić information content (AvgIpc) is 2.27. The lowest BCUT2D eigenvalue weighted by atomic mass is 9.79. The van der Waals surface area contributed by atoms with Gasteiger partial charge < -0.3 is 14.8 Å². The molecule has 0 aliphatic carbocycles. The second-order valence-electron chi connectivity index (χ2n) is 3.00. The molecule has 0 bridgehead atoms. The molecule has 76 valence electrons. The standard InChI is InChI=1S/C9H9BN2O3/c1-15-9-8-6(3-2-4-11-8)7(5-12-9)10(13)14/h2-5,13-14H,1H3. The molecule has 2 N–H and O–H groups in total. The molecule has 6 heteroatoms. The number of rotatable bonds is 2. The summed E-state index contributed by atoms with van der Waals surface area (Å²) >= 11 is 0. The molecule has 0 spiro atoms. The average molecular weight is 204 g/mol. The molecule has 2 heterocycles. The Labute approximate surface area is 86.5 Å². The van der Waals surface area contributed by atoms with Crippen LogP contribution in [0.25, 0.3) is 10.9 Å². The van der Waals surface area contributed by atoms with E-state index in [1.54, 1.807) is 18.3 Å². The number of fused-ring (bicyclic) bond motifs is 1. The Kier molecular flexibility index (Phi) is 2.53. The Bertz CT molecular complexity index is 490. The lowest BCUT2D eigenvalue weighted by molar-refractivity contribution is 0.402. The van der Waals surface area contributed by atoms with Crippen molar-refractivity contribution in [1.82, 2.24) is 9.97 Å². The molecule has 0 aromatic carbocycles. The number of pyridine rings is 2. The predicted molar refractivity (Wildman–Crippen MR) is 55.9 cm³/mol. The molecule has 0 saturated heterocycles. The lowest BCUT2D eigenvalue weighted by Crippen LogP contribution is -2.31. The fourth-order valence-electron chi connectivity index (χ4n) is 1.42. The van der Waals surface area contributed by atoms with Crippen molar-refractivity contribution in [2.24, 2.45) is 0 Å². The highest BCUT2D eigenvalue weighted by Gasteiger charge is 2.17. The van der Waals surface area contributed by atoms with E-state index >= 15 is 0 Å². The molecule has 0 fully saturated rings. The molecular formula is C9H9BN2O3. The number of hydrogen-bond acceptors (Lipinski definition) is 5. The van der Waals surface area contributed by atoms with E-state index < -0.39 is 7.12 Å². The summed E-state index contributed by atoms with van der Waals surface area (Å²) in [5.74, 6) is 0.370. The van der Waals surface area contributed by atoms with Crippen LogP contribution in [0.2, 0.25) is 0 Å². The summed E-state index contributed by atoms with van der Waals surface area (Å²) in [6.45, 7) is 0. The Hall–Kier alpha value is -1.66. The highest BCUT2D eigenvalue weighted by atomic mass is 16.5. The molecule has 15 heavy (non-hydrogen) atoms. The smallest absolute Gasteiger partial charge is 0.479 e. The van der Waals surface area contributed by atoms with E-state index in [-0.39, 0.29) is 0 Å². The molecule has 2 aromatic rings. The van der Waals surface area contributed by atoms with Gasteiger partial charge in [0.15, 0.2) is 0 Å². The van der Waals surface area contributed by atoms with Crippen molar-refractivity contribution in [3.8, 4) is 5.88 Å². The van der Waals surface area contributed by atoms with Crippen LogP contribution in [0, 0.1) is 0 Å². The fourth-order valence-corrected chi connectivity index (χ4v) is 1.42. The topological polar surface area (TPSA) is 75.5 Å². The molecule has 2 rings (SSSR count). The SMILES string of the molecule is COc1ncc(B(O)O)c2cccnc12. The minimum atomic E-state index is -1.56. The van der Waals surface area contributed by atoms with Gasteiger partial charge in [0.2, 0.25) is 5.88 Å². The molecule has 0 aliphatic heterocycles. The molecular weight excluding hydrogens is 195 g/mol. The van der Waals surface area contributed by atoms with Crippen molar-refractivity contribution < 1.29 is 14.8 Å². The number of ether oxygens (including phenoxy) is 1. The van der Waals surface area contributed by atoms with E-state index in [9.17, 15) is 0 Å². The van der Waals surface area contributed by atoms with Crippen LogP contribution in [0.4, 0.5) is 0 Å². The Morgan fingerprint density at radius 1 is 1.33 bits per heavy atom. The molecule has 0 aliphatic rings. The Morgan fingerprint density at radius 3 is 2.80 bits per heavy atom. The quantitative estimate of drug-likeness (QED) is 0.633. The zero-order chi connectivity index (χ0) is 10.8. The number of hydrogen-bond donors (Lipinski definition) is 2. The van der Waals surface area contributed by atoms with Gasteiger partial charge in [-0.1, -0.05) is 6.07 Å². The summed E-state index contributed by atoms with van der Waals surface area (Å²) in [5, 5.41) is 18.9. The molecule has 5 nitrogen and oxygen atoms in total. The van der Waals surface area contributed by atoms with Crippen LogP contribution in [0.5, 0.6) is 5.88 Å². The zero-order valence-electron chi connectivity index (χ0n) is 8.08. The van der Waals surface area contributed by atoms with Crippen LogP contribution in [-0.4, -0.2) is 34.2 Å². The minimum absolute atomic E-state index is 0.318. The molecule has 0 atom stereocenters. The first-order valence-electron chi connectivity index (χ1n) is 4.38. The van der Waals surface area contributed by atoms with Gasteiger partial charge in [-0.05, 0) is 6.07 Å². The van der Waals surface area contributed by atoms with Crippen molar-refractivity contribution in [1.29, 1.82) is 0 Å². The van der Waals surface area contributed by atoms with Crippen molar-refractivity contribution in [2.45, 2.75) is 0 Å². The van der Waals surface area contributed by atoms with E-state index in [2.05, 4.69) is 9.97 Å². The van der Waals surface area contributed by atoms with Crippen LogP contribution in [0.15, 0.2) is 24.5 Å². The van der Waals surface area contributed by atoms with Crippen LogP contribution in [0.1, 0.15) is 0 Å². The van der Waals surface area contributed by atoms with Crippen molar-refractivity contribution in [3.05, 3.63) is 24.5 Å². The number of aromatic nitrogens is 2. The van der Waals surface area contributed by atoms with Gasteiger partial charge in [-0.15, -0.1) is 0 Å². The maximum absolute atomic E-state index is 9.13. The lowest BCUT2D eigenvalue weighted by Gasteiger charge is -2.07. The van der Waals surface area contributed by atoms with E-state index in [0.29, 0.717) is 22.2 Å². The van der Waals surface area contributed by atoms with E-state index in [1.165, 1.54) is 13.3 Å². The van der Waals surface area contributed by atoms with E-state index in [1.807, 2.05) is 0 Å². The highest BCUT2D eigenvalue weighted by Crippen LogP contribution is 2.18. The summed E-state index contributed by atoms with van der Waals surface area (Å²) in [4.78, 5) is 8.03. The third-order valence-corrected chi connectivity index (χ3v) is 2.11. The zero-order valence-corrected chi connectivity index (χ0v) is 8.08. The van der Waals surface area contributed by atoms with Gasteiger partial charge in [0.25, 0.3) is 0 Å². The molecule has 0 amide bonds. The first-order valence-corrected chi connectivity index (χ1v) is 4.38. The first kappa shape index (κ1) is 9.88. The number of methoxy groups -OCH3 is 1. The van der Waals surface area contributed by atoms with E-state index in [4.69, 9.17) is 14.8 Å². The molecule has 0 saturated carbocycles. The van der Waals surface area contributed by atoms with Gasteiger partial charge in [-0.25, -0.2) is 4.98 Å². The summed E-state index contributed by atoms with van der Waals surface area (Å²) in [6, 6.07) is 3.45. The second-order valence-corrected chi connectivity index (χ2v) is 3.00. The van der Waals surface area contributed by atoms with Crippen LogP contribution < -0.4 is 10.2 Å². The fraction of sp³-hybridized carbons (Fsp3) is 0.111. The third-order valence-electron chi connectivity index (χ3n) is 2.11. The monoisotopic (exact) mass is 204 g/mol. The predicted octanol–water partition coefficient (Wildman–Crippen LogP) is -0.682. The molecule has 0 radical (unpaired) electrons. The van der Waals surface area contributed by atoms with Gasteiger partial charge >= 0.3 is 7.12 Å². The van der Waals surface area contributed by atoms with E-state index in [0.717, 1.165) is 0 Å². The van der Waals surface area contributed by atoms with Gasteiger partial charge in [0.1, 0.15) is 5.52 Å².